The Kier molecular flexibility index (Phi) is 6.68. The predicted octanol–water partition coefficient (Wildman–Crippen LogP) is 4.80. The molecule has 3 N–H and O–H groups in total. The third kappa shape index (κ3) is 4.88. The number of rotatable bonds is 4. The molecule has 4 heterocycles. The fourth-order valence-corrected chi connectivity index (χ4v) is 4.85. The van der Waals surface area contributed by atoms with E-state index < -0.39 is 11.9 Å². The van der Waals surface area contributed by atoms with Crippen LogP contribution in [0.1, 0.15) is 40.1 Å². The van der Waals surface area contributed by atoms with E-state index in [0.717, 1.165) is 5.56 Å². The van der Waals surface area contributed by atoms with Crippen LogP contribution in [-0.4, -0.2) is 25.4 Å². The van der Waals surface area contributed by atoms with Gasteiger partial charge in [0.25, 0.3) is 11.5 Å². The molecule has 0 aliphatic carbocycles. The van der Waals surface area contributed by atoms with Crippen molar-refractivity contribution in [2.24, 2.45) is 0 Å². The number of pyridine rings is 4. The molecule has 0 saturated carbocycles. The number of amides is 1. The first kappa shape index (κ1) is 25.5. The van der Waals surface area contributed by atoms with Gasteiger partial charge in [-0.2, -0.15) is 0 Å². The maximum absolute atomic E-state index is 14.2. The number of benzene rings is 2. The van der Waals surface area contributed by atoms with Crippen LogP contribution in [0.5, 0.6) is 0 Å². The summed E-state index contributed by atoms with van der Waals surface area (Å²) in [6.45, 7) is 1.83. The molecule has 6 aromatic rings. The predicted molar refractivity (Wildman–Crippen MR) is 160 cm³/mol. The largest absolute Gasteiger partial charge is 0.383 e. The molecule has 0 saturated heterocycles. The summed E-state index contributed by atoms with van der Waals surface area (Å²) in [5.74, 6) is 5.93. The average Bonchev–Trinajstić information content (AvgIpc) is 3.00. The van der Waals surface area contributed by atoms with Gasteiger partial charge >= 0.3 is 0 Å². The summed E-state index contributed by atoms with van der Waals surface area (Å²) >= 11 is 0. The van der Waals surface area contributed by atoms with Crippen LogP contribution < -0.4 is 16.6 Å². The SMILES string of the molecule is C[C@@H](NC(=O)c1c(N)ncc2cccnc12)c1cc2cccc(C#Cc3ccncc3)c2c(=O)n1-c1ccccc1. The van der Waals surface area contributed by atoms with Crippen LogP contribution in [0.25, 0.3) is 27.4 Å². The van der Waals surface area contributed by atoms with Crippen LogP contribution in [0.2, 0.25) is 0 Å². The van der Waals surface area contributed by atoms with Gasteiger partial charge in [0.1, 0.15) is 11.4 Å². The summed E-state index contributed by atoms with van der Waals surface area (Å²) in [5.41, 5.74) is 9.21. The molecule has 1 atom stereocenters. The Morgan fingerprint density at radius 2 is 1.68 bits per heavy atom. The summed E-state index contributed by atoms with van der Waals surface area (Å²) in [6.07, 6.45) is 6.54. The van der Waals surface area contributed by atoms with Gasteiger partial charge in [0.15, 0.2) is 0 Å². The highest BCUT2D eigenvalue weighted by atomic mass is 16.2. The summed E-state index contributed by atoms with van der Waals surface area (Å²) in [6, 6.07) is 23.5. The molecule has 0 fully saturated rings. The average molecular weight is 537 g/mol. The molecule has 0 aliphatic rings. The molecular formula is C33H24N6O2. The van der Waals surface area contributed by atoms with Gasteiger partial charge in [0, 0.05) is 52.7 Å². The van der Waals surface area contributed by atoms with Crippen molar-refractivity contribution in [3.63, 3.8) is 0 Å². The van der Waals surface area contributed by atoms with Crippen molar-refractivity contribution in [2.45, 2.75) is 13.0 Å². The maximum Gasteiger partial charge on any atom is 0.264 e. The second-order valence-corrected chi connectivity index (χ2v) is 9.46. The third-order valence-corrected chi connectivity index (χ3v) is 6.80. The van der Waals surface area contributed by atoms with Gasteiger partial charge in [0.05, 0.1) is 16.9 Å². The first-order chi connectivity index (χ1) is 20.0. The Bertz CT molecular complexity index is 2040. The highest BCUT2D eigenvalue weighted by molar-refractivity contribution is 6.09. The number of hydrogen-bond donors (Lipinski definition) is 2. The van der Waals surface area contributed by atoms with E-state index in [9.17, 15) is 9.59 Å². The highest BCUT2D eigenvalue weighted by Gasteiger charge is 2.22. The first-order valence-electron chi connectivity index (χ1n) is 13.0. The molecule has 0 unspecified atom stereocenters. The lowest BCUT2D eigenvalue weighted by Crippen LogP contribution is -2.33. The number of fused-ring (bicyclic) bond motifs is 2. The number of hydrogen-bond acceptors (Lipinski definition) is 6. The minimum atomic E-state index is -0.579. The van der Waals surface area contributed by atoms with Gasteiger partial charge in [0.2, 0.25) is 0 Å². The van der Waals surface area contributed by atoms with Gasteiger partial charge in [-0.1, -0.05) is 42.2 Å². The lowest BCUT2D eigenvalue weighted by Gasteiger charge is -2.21. The summed E-state index contributed by atoms with van der Waals surface area (Å²) in [7, 11) is 0. The Morgan fingerprint density at radius 1 is 0.902 bits per heavy atom. The van der Waals surface area contributed by atoms with E-state index in [1.807, 2.05) is 79.7 Å². The molecule has 41 heavy (non-hydrogen) atoms. The van der Waals surface area contributed by atoms with Gasteiger partial charge < -0.3 is 11.1 Å². The van der Waals surface area contributed by atoms with Gasteiger partial charge in [-0.15, -0.1) is 0 Å². The molecule has 0 spiro atoms. The molecule has 8 heteroatoms. The summed E-state index contributed by atoms with van der Waals surface area (Å²) < 4.78 is 1.62. The van der Waals surface area contributed by atoms with E-state index in [1.54, 1.807) is 35.4 Å². The zero-order valence-electron chi connectivity index (χ0n) is 22.1. The normalized spacial score (nSPS) is 11.5. The smallest absolute Gasteiger partial charge is 0.264 e. The van der Waals surface area contributed by atoms with E-state index in [1.165, 1.54) is 0 Å². The number of nitrogens with two attached hydrogens (primary N) is 1. The number of carbonyl (C=O) groups excluding carboxylic acids is 1. The van der Waals surface area contributed by atoms with Crippen molar-refractivity contribution in [1.29, 1.82) is 0 Å². The molecule has 0 aliphatic heterocycles. The fourth-order valence-electron chi connectivity index (χ4n) is 4.85. The zero-order chi connectivity index (χ0) is 28.3. The van der Waals surface area contributed by atoms with Crippen molar-refractivity contribution in [3.05, 3.63) is 136 Å². The van der Waals surface area contributed by atoms with Gasteiger partial charge in [-0.25, -0.2) is 4.98 Å². The number of nitrogens with zero attached hydrogens (tertiary/aromatic N) is 4. The molecule has 0 radical (unpaired) electrons. The van der Waals surface area contributed by atoms with Crippen molar-refractivity contribution >= 4 is 33.4 Å². The Hall–Kier alpha value is -5.81. The van der Waals surface area contributed by atoms with Gasteiger partial charge in [-0.3, -0.25) is 24.1 Å². The second kappa shape index (κ2) is 10.8. The second-order valence-electron chi connectivity index (χ2n) is 9.46. The summed E-state index contributed by atoms with van der Waals surface area (Å²) in [5, 5.41) is 4.93. The summed E-state index contributed by atoms with van der Waals surface area (Å²) in [4.78, 5) is 40.3. The first-order valence-corrected chi connectivity index (χ1v) is 13.0. The zero-order valence-corrected chi connectivity index (χ0v) is 22.1. The Balaban J connectivity index is 1.48. The lowest BCUT2D eigenvalue weighted by molar-refractivity contribution is 0.0941. The minimum Gasteiger partial charge on any atom is -0.383 e. The van der Waals surface area contributed by atoms with Gasteiger partial charge in [-0.05, 0) is 60.8 Å². The fraction of sp³-hybridized carbons (Fsp3) is 0.0606. The lowest BCUT2D eigenvalue weighted by atomic mass is 10.0. The van der Waals surface area contributed by atoms with Crippen LogP contribution in [0, 0.1) is 11.8 Å². The molecular weight excluding hydrogens is 512 g/mol. The topological polar surface area (TPSA) is 116 Å². The van der Waals surface area contributed by atoms with Crippen LogP contribution in [-0.2, 0) is 0 Å². The molecule has 1 amide bonds. The number of nitrogens with one attached hydrogen (secondary N) is 1. The minimum absolute atomic E-state index is 0.0808. The Morgan fingerprint density at radius 3 is 2.49 bits per heavy atom. The van der Waals surface area contributed by atoms with E-state index in [4.69, 9.17) is 5.73 Å². The molecule has 4 aromatic heterocycles. The van der Waals surface area contributed by atoms with Crippen molar-refractivity contribution in [1.82, 2.24) is 24.8 Å². The molecule has 2 aromatic carbocycles. The van der Waals surface area contributed by atoms with E-state index in [-0.39, 0.29) is 16.9 Å². The van der Waals surface area contributed by atoms with E-state index >= 15 is 0 Å². The highest BCUT2D eigenvalue weighted by Crippen LogP contribution is 2.25. The molecule has 0 bridgehead atoms. The molecule has 198 valence electrons. The van der Waals surface area contributed by atoms with Crippen molar-refractivity contribution in [3.8, 4) is 17.5 Å². The number of para-hydroxylation sites is 1. The van der Waals surface area contributed by atoms with Crippen molar-refractivity contribution in [2.75, 3.05) is 5.73 Å². The van der Waals surface area contributed by atoms with Crippen LogP contribution in [0.4, 0.5) is 5.82 Å². The van der Waals surface area contributed by atoms with Crippen molar-refractivity contribution < 1.29 is 4.79 Å². The van der Waals surface area contributed by atoms with E-state index in [0.29, 0.717) is 38.6 Å². The number of aromatic nitrogens is 4. The maximum atomic E-state index is 14.2. The number of carbonyl (C=O) groups is 1. The number of anilines is 1. The Labute approximate surface area is 235 Å². The molecule has 6 rings (SSSR count). The standard InChI is InChI=1S/C33H24N6O2/c1-21(38-32(40)29-30-25(9-6-16-36-30)20-37-31(29)34)27-19-24-8-5-7-23(13-12-22-14-17-35-18-15-22)28(24)33(41)39(27)26-10-3-2-4-11-26/h2-11,14-21H,1H3,(H2,34,37)(H,38,40)/t21-/m1/s1. The van der Waals surface area contributed by atoms with Crippen LogP contribution >= 0.6 is 0 Å². The molecule has 8 nitrogen and oxygen atoms in total. The number of nitrogen functional groups attached to an aromatic ring is 1. The van der Waals surface area contributed by atoms with Crippen LogP contribution in [0.3, 0.4) is 0 Å². The van der Waals surface area contributed by atoms with Crippen LogP contribution in [0.15, 0.2) is 108 Å². The quantitative estimate of drug-likeness (QED) is 0.313. The monoisotopic (exact) mass is 536 g/mol. The van der Waals surface area contributed by atoms with E-state index in [2.05, 4.69) is 32.1 Å². The third-order valence-electron chi connectivity index (χ3n) is 6.80.